The zero-order valence-electron chi connectivity index (χ0n) is 13.5. The Hall–Kier alpha value is -1.10. The van der Waals surface area contributed by atoms with Crippen molar-refractivity contribution in [1.29, 1.82) is 0 Å². The molecule has 4 heteroatoms. The lowest BCUT2D eigenvalue weighted by Crippen LogP contribution is -2.44. The van der Waals surface area contributed by atoms with Crippen molar-refractivity contribution < 1.29 is 9.47 Å². The van der Waals surface area contributed by atoms with E-state index < -0.39 is 0 Å². The predicted octanol–water partition coefficient (Wildman–Crippen LogP) is 2.28. The Morgan fingerprint density at radius 1 is 1.19 bits per heavy atom. The second-order valence-electron chi connectivity index (χ2n) is 5.97. The van der Waals surface area contributed by atoms with E-state index in [4.69, 9.17) is 9.47 Å². The highest BCUT2D eigenvalue weighted by atomic mass is 16.5. The van der Waals surface area contributed by atoms with Gasteiger partial charge in [0.25, 0.3) is 0 Å². The number of para-hydroxylation sites is 1. The first-order valence-corrected chi connectivity index (χ1v) is 7.93. The molecule has 0 radical (unpaired) electrons. The molecule has 0 bridgehead atoms. The molecule has 1 N–H and O–H groups in total. The van der Waals surface area contributed by atoms with Crippen LogP contribution in [0, 0.1) is 0 Å². The van der Waals surface area contributed by atoms with Crippen molar-refractivity contribution in [2.45, 2.75) is 39.5 Å². The summed E-state index contributed by atoms with van der Waals surface area (Å²) in [5.74, 6) is 0.985. The molecule has 1 aliphatic rings. The highest BCUT2D eigenvalue weighted by Crippen LogP contribution is 2.19. The van der Waals surface area contributed by atoms with Crippen molar-refractivity contribution in [3.8, 4) is 5.75 Å². The number of benzene rings is 1. The molecular formula is C17H28N2O2. The minimum atomic E-state index is 0.205. The quantitative estimate of drug-likeness (QED) is 0.836. The second-order valence-corrected chi connectivity index (χ2v) is 5.97. The Morgan fingerprint density at radius 3 is 2.62 bits per heavy atom. The number of nitrogens with one attached hydrogen (secondary N) is 1. The van der Waals surface area contributed by atoms with Crippen LogP contribution in [0.2, 0.25) is 0 Å². The summed E-state index contributed by atoms with van der Waals surface area (Å²) in [4.78, 5) is 2.46. The van der Waals surface area contributed by atoms with E-state index in [1.807, 2.05) is 12.1 Å². The molecule has 0 aromatic heterocycles. The summed E-state index contributed by atoms with van der Waals surface area (Å²) in [6, 6.07) is 8.72. The molecule has 21 heavy (non-hydrogen) atoms. The van der Waals surface area contributed by atoms with Crippen LogP contribution in [0.5, 0.6) is 5.75 Å². The lowest BCUT2D eigenvalue weighted by molar-refractivity contribution is 0.0343. The lowest BCUT2D eigenvalue weighted by atomic mass is 10.2. The van der Waals surface area contributed by atoms with Crippen molar-refractivity contribution in [2.75, 3.05) is 32.8 Å². The zero-order chi connectivity index (χ0) is 15.1. The summed E-state index contributed by atoms with van der Waals surface area (Å²) in [5, 5.41) is 3.60. The van der Waals surface area contributed by atoms with E-state index in [-0.39, 0.29) is 6.10 Å². The van der Waals surface area contributed by atoms with E-state index in [9.17, 15) is 0 Å². The number of rotatable bonds is 7. The number of hydrogen-bond donors (Lipinski definition) is 1. The van der Waals surface area contributed by atoms with Gasteiger partial charge in [-0.05, 0) is 26.8 Å². The Bertz CT molecular complexity index is 417. The zero-order valence-corrected chi connectivity index (χ0v) is 13.5. The van der Waals surface area contributed by atoms with Gasteiger partial charge in [0.1, 0.15) is 5.75 Å². The third-order valence-electron chi connectivity index (χ3n) is 3.61. The van der Waals surface area contributed by atoms with Gasteiger partial charge in [0.05, 0.1) is 19.3 Å². The molecule has 1 atom stereocenters. The van der Waals surface area contributed by atoms with Gasteiger partial charge in [-0.3, -0.25) is 4.90 Å². The van der Waals surface area contributed by atoms with E-state index in [2.05, 4.69) is 43.1 Å². The van der Waals surface area contributed by atoms with Crippen molar-refractivity contribution >= 4 is 0 Å². The average molecular weight is 292 g/mol. The molecule has 1 aliphatic heterocycles. The summed E-state index contributed by atoms with van der Waals surface area (Å²) in [7, 11) is 0. The standard InChI is InChI=1S/C17H28N2O2/c1-14(2)21-17-7-5-4-6-16(17)12-18-15(3)13-19-8-10-20-11-9-19/h4-7,14-15,18H,8-13H2,1-3H3. The number of ether oxygens (including phenoxy) is 2. The van der Waals surface area contributed by atoms with Crippen LogP contribution in [-0.2, 0) is 11.3 Å². The van der Waals surface area contributed by atoms with Crippen LogP contribution in [0.25, 0.3) is 0 Å². The predicted molar refractivity (Wildman–Crippen MR) is 85.8 cm³/mol. The van der Waals surface area contributed by atoms with E-state index in [1.54, 1.807) is 0 Å². The largest absolute Gasteiger partial charge is 0.491 e. The first-order chi connectivity index (χ1) is 10.1. The van der Waals surface area contributed by atoms with Gasteiger partial charge in [0, 0.05) is 37.8 Å². The number of morpholine rings is 1. The summed E-state index contributed by atoms with van der Waals surface area (Å²) >= 11 is 0. The maximum absolute atomic E-state index is 5.86. The molecule has 2 rings (SSSR count). The van der Waals surface area contributed by atoms with Gasteiger partial charge in [-0.1, -0.05) is 18.2 Å². The molecule has 0 amide bonds. The maximum Gasteiger partial charge on any atom is 0.124 e. The fourth-order valence-electron chi connectivity index (χ4n) is 2.54. The van der Waals surface area contributed by atoms with Crippen molar-refractivity contribution in [1.82, 2.24) is 10.2 Å². The smallest absolute Gasteiger partial charge is 0.124 e. The van der Waals surface area contributed by atoms with Crippen LogP contribution in [0.1, 0.15) is 26.3 Å². The topological polar surface area (TPSA) is 33.7 Å². The highest BCUT2D eigenvalue weighted by Gasteiger charge is 2.14. The molecule has 1 saturated heterocycles. The van der Waals surface area contributed by atoms with Gasteiger partial charge in [0.2, 0.25) is 0 Å². The molecule has 118 valence electrons. The summed E-state index contributed by atoms with van der Waals surface area (Å²) in [5.41, 5.74) is 1.22. The van der Waals surface area contributed by atoms with Gasteiger partial charge in [-0.25, -0.2) is 0 Å². The molecular weight excluding hydrogens is 264 g/mol. The first kappa shape index (κ1) is 16.3. The van der Waals surface area contributed by atoms with Crippen LogP contribution in [-0.4, -0.2) is 49.9 Å². The molecule has 0 saturated carbocycles. The minimum Gasteiger partial charge on any atom is -0.491 e. The second kappa shape index (κ2) is 8.37. The Morgan fingerprint density at radius 2 is 1.90 bits per heavy atom. The van der Waals surface area contributed by atoms with Gasteiger partial charge < -0.3 is 14.8 Å². The lowest BCUT2D eigenvalue weighted by Gasteiger charge is -2.29. The van der Waals surface area contributed by atoms with E-state index >= 15 is 0 Å². The Labute approximate surface area is 128 Å². The van der Waals surface area contributed by atoms with E-state index in [0.29, 0.717) is 6.04 Å². The third-order valence-corrected chi connectivity index (χ3v) is 3.61. The highest BCUT2D eigenvalue weighted by molar-refractivity contribution is 5.33. The normalized spacial score (nSPS) is 17.9. The molecule has 0 aliphatic carbocycles. The third kappa shape index (κ3) is 5.65. The molecule has 0 spiro atoms. The van der Waals surface area contributed by atoms with Gasteiger partial charge in [-0.15, -0.1) is 0 Å². The summed E-state index contributed by atoms with van der Waals surface area (Å²) in [6.07, 6.45) is 0.205. The number of hydrogen-bond acceptors (Lipinski definition) is 4. The Kier molecular flexibility index (Phi) is 6.49. The molecule has 1 fully saturated rings. The van der Waals surface area contributed by atoms with Crippen molar-refractivity contribution in [3.05, 3.63) is 29.8 Å². The van der Waals surface area contributed by atoms with Crippen molar-refractivity contribution in [2.24, 2.45) is 0 Å². The molecule has 1 heterocycles. The SMILES string of the molecule is CC(CN1CCOCC1)NCc1ccccc1OC(C)C. The molecule has 1 aromatic rings. The minimum absolute atomic E-state index is 0.205. The van der Waals surface area contributed by atoms with Crippen LogP contribution in [0.3, 0.4) is 0 Å². The number of nitrogens with zero attached hydrogens (tertiary/aromatic N) is 1. The van der Waals surface area contributed by atoms with Crippen LogP contribution in [0.4, 0.5) is 0 Å². The molecule has 1 aromatic carbocycles. The molecule has 1 unspecified atom stereocenters. The van der Waals surface area contributed by atoms with Crippen LogP contribution in [0.15, 0.2) is 24.3 Å². The van der Waals surface area contributed by atoms with Crippen LogP contribution >= 0.6 is 0 Å². The summed E-state index contributed by atoms with van der Waals surface area (Å²) < 4.78 is 11.2. The first-order valence-electron chi connectivity index (χ1n) is 7.93. The Balaban J connectivity index is 1.81. The monoisotopic (exact) mass is 292 g/mol. The van der Waals surface area contributed by atoms with Gasteiger partial charge in [0.15, 0.2) is 0 Å². The fraction of sp³-hybridized carbons (Fsp3) is 0.647. The van der Waals surface area contributed by atoms with E-state index in [0.717, 1.165) is 45.1 Å². The van der Waals surface area contributed by atoms with E-state index in [1.165, 1.54) is 5.56 Å². The van der Waals surface area contributed by atoms with Crippen LogP contribution < -0.4 is 10.1 Å². The van der Waals surface area contributed by atoms with Crippen molar-refractivity contribution in [3.63, 3.8) is 0 Å². The summed E-state index contributed by atoms with van der Waals surface area (Å²) in [6.45, 7) is 12.1. The fourth-order valence-corrected chi connectivity index (χ4v) is 2.54. The molecule has 4 nitrogen and oxygen atoms in total. The average Bonchev–Trinajstić information content (AvgIpc) is 2.47. The maximum atomic E-state index is 5.86. The van der Waals surface area contributed by atoms with Gasteiger partial charge >= 0.3 is 0 Å². The van der Waals surface area contributed by atoms with Gasteiger partial charge in [-0.2, -0.15) is 0 Å².